The van der Waals surface area contributed by atoms with Crippen LogP contribution < -0.4 is 0 Å². The van der Waals surface area contributed by atoms with Crippen LogP contribution in [-0.4, -0.2) is 66.4 Å². The number of hydrogen-bond donors (Lipinski definition) is 1. The van der Waals surface area contributed by atoms with Crippen molar-refractivity contribution in [1.82, 2.24) is 9.80 Å². The minimum Gasteiger partial charge on any atom is -0.448 e. The maximum Gasteiger partial charge on any atom is 0.409 e. The molecule has 0 aliphatic carbocycles. The van der Waals surface area contributed by atoms with E-state index in [1.807, 2.05) is 4.90 Å². The Kier molecular flexibility index (Phi) is 8.02. The van der Waals surface area contributed by atoms with Crippen molar-refractivity contribution < 1.29 is 14.6 Å². The topological polar surface area (TPSA) is 53.0 Å². The Balaban J connectivity index is 1.69. The number of ether oxygens (including phenoxy) is 1. The summed E-state index contributed by atoms with van der Waals surface area (Å²) >= 11 is 0. The minimum absolute atomic E-state index is 0.120. The summed E-state index contributed by atoms with van der Waals surface area (Å²) in [7, 11) is 0. The molecule has 2 saturated heterocycles. The van der Waals surface area contributed by atoms with Gasteiger partial charge in [-0.25, -0.2) is 4.79 Å². The van der Waals surface area contributed by atoms with Crippen LogP contribution in [0.4, 0.5) is 4.79 Å². The molecule has 0 aromatic rings. The van der Waals surface area contributed by atoms with Gasteiger partial charge in [-0.2, -0.15) is 0 Å². The predicted octanol–water partition coefficient (Wildman–Crippen LogP) is 2.63. The summed E-state index contributed by atoms with van der Waals surface area (Å²) in [5.41, 5.74) is 0. The largest absolute Gasteiger partial charge is 0.448 e. The maximum atomic E-state index is 12.1. The summed E-state index contributed by atoms with van der Waals surface area (Å²) in [6.45, 7) is 4.71. The van der Waals surface area contributed by atoms with E-state index in [9.17, 15) is 4.79 Å². The van der Waals surface area contributed by atoms with E-state index in [1.54, 1.807) is 0 Å². The number of nitrogens with zero attached hydrogens (tertiary/aromatic N) is 2. The number of rotatable bonds is 7. The summed E-state index contributed by atoms with van der Waals surface area (Å²) in [6.07, 6.45) is 10.0. The smallest absolute Gasteiger partial charge is 0.409 e. The predicted molar refractivity (Wildman–Crippen MR) is 86.9 cm³/mol. The van der Waals surface area contributed by atoms with Crippen molar-refractivity contribution in [2.75, 3.05) is 39.4 Å². The summed E-state index contributed by atoms with van der Waals surface area (Å²) in [4.78, 5) is 16.4. The Labute approximate surface area is 134 Å². The Morgan fingerprint density at radius 1 is 1.00 bits per heavy atom. The molecule has 2 aliphatic rings. The van der Waals surface area contributed by atoms with Gasteiger partial charge in [0.05, 0.1) is 0 Å². The van der Waals surface area contributed by atoms with Crippen LogP contribution in [0.2, 0.25) is 0 Å². The van der Waals surface area contributed by atoms with Crippen LogP contribution in [-0.2, 0) is 4.74 Å². The van der Waals surface area contributed by atoms with Crippen LogP contribution in [0.5, 0.6) is 0 Å². The van der Waals surface area contributed by atoms with Crippen LogP contribution in [0.1, 0.15) is 57.8 Å². The quantitative estimate of drug-likeness (QED) is 0.734. The highest BCUT2D eigenvalue weighted by Gasteiger charge is 2.25. The molecule has 2 rings (SSSR count). The van der Waals surface area contributed by atoms with Crippen LogP contribution in [0, 0.1) is 0 Å². The fourth-order valence-corrected chi connectivity index (χ4v) is 3.48. The third-order valence-corrected chi connectivity index (χ3v) is 4.87. The highest BCUT2D eigenvalue weighted by atomic mass is 16.6. The van der Waals surface area contributed by atoms with E-state index in [-0.39, 0.29) is 12.7 Å². The first-order valence-corrected chi connectivity index (χ1v) is 9.08. The zero-order valence-corrected chi connectivity index (χ0v) is 13.8. The second-order valence-electron chi connectivity index (χ2n) is 6.59. The molecule has 5 nitrogen and oxygen atoms in total. The summed E-state index contributed by atoms with van der Waals surface area (Å²) in [5, 5.41) is 8.85. The zero-order valence-electron chi connectivity index (χ0n) is 13.8. The Bertz CT molecular complexity index is 319. The van der Waals surface area contributed by atoms with Crippen LogP contribution in [0.25, 0.3) is 0 Å². The van der Waals surface area contributed by atoms with Crippen molar-refractivity contribution in [1.29, 1.82) is 0 Å². The number of unbranched alkanes of at least 4 members (excludes halogenated alkanes) is 2. The lowest BCUT2D eigenvalue weighted by Gasteiger charge is -2.36. The molecule has 0 radical (unpaired) electrons. The molecule has 5 heteroatoms. The summed E-state index contributed by atoms with van der Waals surface area (Å²) in [5.74, 6) is 0. The van der Waals surface area contributed by atoms with E-state index in [2.05, 4.69) is 4.90 Å². The number of aliphatic hydroxyl groups is 1. The summed E-state index contributed by atoms with van der Waals surface area (Å²) < 4.78 is 5.58. The third kappa shape index (κ3) is 5.76. The standard InChI is InChI=1S/C17H32N2O3/c20-14-8-2-6-10-18-11-7-3-9-16(18)15-22-17(21)19-12-4-1-5-13-19/h16,20H,1-15H2. The third-order valence-electron chi connectivity index (χ3n) is 4.87. The lowest BCUT2D eigenvalue weighted by Crippen LogP contribution is -2.45. The van der Waals surface area contributed by atoms with Crippen molar-refractivity contribution >= 4 is 6.09 Å². The molecule has 0 spiro atoms. The van der Waals surface area contributed by atoms with Crippen molar-refractivity contribution in [3.8, 4) is 0 Å². The average molecular weight is 312 g/mol. The molecule has 1 N–H and O–H groups in total. The second-order valence-corrected chi connectivity index (χ2v) is 6.59. The van der Waals surface area contributed by atoms with Gasteiger partial charge in [-0.3, -0.25) is 4.90 Å². The van der Waals surface area contributed by atoms with Gasteiger partial charge >= 0.3 is 6.09 Å². The first-order chi connectivity index (χ1) is 10.8. The fraction of sp³-hybridized carbons (Fsp3) is 0.941. The molecule has 0 aromatic heterocycles. The molecule has 2 heterocycles. The van der Waals surface area contributed by atoms with E-state index < -0.39 is 0 Å². The van der Waals surface area contributed by atoms with Crippen LogP contribution in [0.15, 0.2) is 0 Å². The number of amides is 1. The molecule has 22 heavy (non-hydrogen) atoms. The Morgan fingerprint density at radius 3 is 2.55 bits per heavy atom. The van der Waals surface area contributed by atoms with Crippen molar-refractivity contribution in [3.63, 3.8) is 0 Å². The van der Waals surface area contributed by atoms with Gasteiger partial charge in [0.25, 0.3) is 0 Å². The molecule has 2 fully saturated rings. The number of hydrogen-bond acceptors (Lipinski definition) is 4. The van der Waals surface area contributed by atoms with E-state index >= 15 is 0 Å². The van der Waals surface area contributed by atoms with Crippen molar-refractivity contribution in [2.45, 2.75) is 63.8 Å². The average Bonchev–Trinajstić information content (AvgIpc) is 2.58. The van der Waals surface area contributed by atoms with Crippen LogP contribution in [0.3, 0.4) is 0 Å². The number of aliphatic hydroxyl groups excluding tert-OH is 1. The fourth-order valence-electron chi connectivity index (χ4n) is 3.48. The highest BCUT2D eigenvalue weighted by Crippen LogP contribution is 2.19. The minimum atomic E-state index is -0.120. The van der Waals surface area contributed by atoms with E-state index in [1.165, 1.54) is 19.3 Å². The first kappa shape index (κ1) is 17.5. The highest BCUT2D eigenvalue weighted by molar-refractivity contribution is 5.67. The SMILES string of the molecule is O=C(OCC1CCCCN1CCCCCO)N1CCCCC1. The Morgan fingerprint density at radius 2 is 1.77 bits per heavy atom. The zero-order chi connectivity index (χ0) is 15.6. The maximum absolute atomic E-state index is 12.1. The van der Waals surface area contributed by atoms with Gasteiger partial charge in [0.15, 0.2) is 0 Å². The normalized spacial score (nSPS) is 23.5. The van der Waals surface area contributed by atoms with Crippen molar-refractivity contribution in [2.24, 2.45) is 0 Å². The number of carbonyl (C=O) groups is 1. The van der Waals surface area contributed by atoms with Gasteiger partial charge in [0.2, 0.25) is 0 Å². The van der Waals surface area contributed by atoms with Crippen LogP contribution >= 0.6 is 0 Å². The molecule has 2 aliphatic heterocycles. The summed E-state index contributed by atoms with van der Waals surface area (Å²) in [6, 6.07) is 0.386. The van der Waals surface area contributed by atoms with E-state index in [4.69, 9.17) is 9.84 Å². The lowest BCUT2D eigenvalue weighted by atomic mass is 10.0. The van der Waals surface area contributed by atoms with Gasteiger partial charge in [0.1, 0.15) is 6.61 Å². The molecule has 128 valence electrons. The number of likely N-dealkylation sites (tertiary alicyclic amines) is 2. The molecule has 1 atom stereocenters. The molecule has 0 bridgehead atoms. The van der Waals surface area contributed by atoms with E-state index in [0.29, 0.717) is 12.6 Å². The second kappa shape index (κ2) is 10.1. The van der Waals surface area contributed by atoms with E-state index in [0.717, 1.165) is 64.7 Å². The van der Waals surface area contributed by atoms with Gasteiger partial charge in [-0.05, 0) is 64.5 Å². The monoisotopic (exact) mass is 312 g/mol. The molecular formula is C17H32N2O3. The lowest BCUT2D eigenvalue weighted by molar-refractivity contribution is 0.0459. The van der Waals surface area contributed by atoms with Gasteiger partial charge in [-0.15, -0.1) is 0 Å². The van der Waals surface area contributed by atoms with Gasteiger partial charge < -0.3 is 14.7 Å². The van der Waals surface area contributed by atoms with Gasteiger partial charge in [-0.1, -0.05) is 6.42 Å². The molecular weight excluding hydrogens is 280 g/mol. The number of piperidine rings is 2. The number of carbonyl (C=O) groups excluding carboxylic acids is 1. The molecule has 1 unspecified atom stereocenters. The molecule has 1 amide bonds. The van der Waals surface area contributed by atoms with Gasteiger partial charge in [0, 0.05) is 25.7 Å². The molecule has 0 aromatic carbocycles. The first-order valence-electron chi connectivity index (χ1n) is 9.08. The molecule has 0 saturated carbocycles. The Hall–Kier alpha value is -0.810. The van der Waals surface area contributed by atoms with Crippen molar-refractivity contribution in [3.05, 3.63) is 0 Å².